The van der Waals surface area contributed by atoms with Gasteiger partial charge in [-0.2, -0.15) is 0 Å². The molecule has 0 aromatic heterocycles. The molecular formula is C22H20O4Ti. The Bertz CT molecular complexity index is 966. The van der Waals surface area contributed by atoms with Gasteiger partial charge in [0, 0.05) is 0 Å². The summed E-state index contributed by atoms with van der Waals surface area (Å²) in [6.07, 6.45) is 8.06. The fourth-order valence-electron chi connectivity index (χ4n) is 4.71. The fourth-order valence-corrected chi connectivity index (χ4v) is 12.7. The van der Waals surface area contributed by atoms with E-state index in [4.69, 9.17) is 6.64 Å². The van der Waals surface area contributed by atoms with Crippen molar-refractivity contribution in [2.75, 3.05) is 0 Å². The number of rotatable bonds is 6. The first-order valence-electron chi connectivity index (χ1n) is 8.94. The summed E-state index contributed by atoms with van der Waals surface area (Å²) in [5, 5.41) is 0. The zero-order valence-electron chi connectivity index (χ0n) is 14.9. The van der Waals surface area contributed by atoms with E-state index in [1.165, 1.54) is 0 Å². The Morgan fingerprint density at radius 2 is 1.22 bits per heavy atom. The van der Waals surface area contributed by atoms with Gasteiger partial charge in [-0.25, -0.2) is 0 Å². The summed E-state index contributed by atoms with van der Waals surface area (Å²) in [7, 11) is 0. The van der Waals surface area contributed by atoms with Gasteiger partial charge < -0.3 is 0 Å². The predicted octanol–water partition coefficient (Wildman–Crippen LogP) is 4.21. The molecule has 2 aliphatic rings. The second kappa shape index (κ2) is 6.56. The molecule has 5 heteroatoms. The number of carbonyl (C=O) groups excluding carboxylic acids is 2. The Balaban J connectivity index is 2.04. The molecule has 2 aromatic carbocycles. The molecule has 4 rings (SSSR count). The Hall–Kier alpha value is -2.56. The Labute approximate surface area is 159 Å². The van der Waals surface area contributed by atoms with Gasteiger partial charge in [-0.1, -0.05) is 0 Å². The van der Waals surface area contributed by atoms with Gasteiger partial charge in [-0.05, 0) is 0 Å². The third kappa shape index (κ3) is 2.37. The van der Waals surface area contributed by atoms with Crippen molar-refractivity contribution in [1.82, 2.24) is 0 Å². The molecule has 2 aromatic rings. The van der Waals surface area contributed by atoms with Crippen molar-refractivity contribution in [2.45, 2.75) is 15.4 Å². The molecule has 0 saturated carbocycles. The van der Waals surface area contributed by atoms with Crippen LogP contribution in [-0.4, -0.2) is 17.3 Å². The summed E-state index contributed by atoms with van der Waals surface area (Å²) >= 11 is -4.92. The summed E-state index contributed by atoms with van der Waals surface area (Å²) in [6.45, 7) is 2.74. The van der Waals surface area contributed by atoms with Gasteiger partial charge in [-0.3, -0.25) is 0 Å². The quantitative estimate of drug-likeness (QED) is 0.542. The molecule has 0 N–H and O–H groups in total. The molecule has 0 bridgehead atoms. The monoisotopic (exact) mass is 396 g/mol. The number of allylic oxidation sites excluding steroid dienone is 2. The zero-order valence-corrected chi connectivity index (χ0v) is 16.5. The first-order chi connectivity index (χ1) is 13.2. The van der Waals surface area contributed by atoms with Gasteiger partial charge in [0.1, 0.15) is 0 Å². The number of hydrogen-bond donors (Lipinski definition) is 0. The normalized spacial score (nSPS) is 19.9. The first-order valence-corrected chi connectivity index (χ1v) is 12.9. The van der Waals surface area contributed by atoms with E-state index in [1.807, 2.05) is 84.1 Å². The second-order valence-corrected chi connectivity index (χ2v) is 14.5. The SMILES string of the molecule is C[CH]=[Ti]([O]C=O)([O]C=O)([CH]1C=Cc2ccccc21)[CH]1C=Cc2ccccc21. The van der Waals surface area contributed by atoms with Crippen molar-refractivity contribution in [3.05, 3.63) is 82.9 Å². The number of fused-ring (bicyclic) bond motifs is 2. The minimum atomic E-state index is -4.92. The van der Waals surface area contributed by atoms with Crippen LogP contribution in [0, 0.1) is 0 Å². The standard InChI is InChI=1S/2C9H7.C2H4.2CH2O2.Ti/c2*1-2-5-9-7-3-6-8(9)4-1;1-2;2*2-1-3;/h2*1-7H;1H,2H3;2*1H,(H,2,3);/q;;;;;+2/p-2. The summed E-state index contributed by atoms with van der Waals surface area (Å²) in [4.78, 5) is 23.5. The van der Waals surface area contributed by atoms with E-state index in [0.717, 1.165) is 22.3 Å². The van der Waals surface area contributed by atoms with Crippen LogP contribution in [0.4, 0.5) is 0 Å². The summed E-state index contributed by atoms with van der Waals surface area (Å²) in [5.41, 5.74) is 4.15. The van der Waals surface area contributed by atoms with Crippen LogP contribution < -0.4 is 0 Å². The first kappa shape index (κ1) is 17.8. The van der Waals surface area contributed by atoms with Gasteiger partial charge in [0.2, 0.25) is 0 Å². The third-order valence-corrected chi connectivity index (χ3v) is 15.0. The molecule has 0 radical (unpaired) electrons. The van der Waals surface area contributed by atoms with Crippen LogP contribution in [0.25, 0.3) is 12.2 Å². The molecule has 2 aliphatic carbocycles. The van der Waals surface area contributed by atoms with Gasteiger partial charge in [0.15, 0.2) is 0 Å². The molecule has 136 valence electrons. The van der Waals surface area contributed by atoms with Crippen molar-refractivity contribution < 1.29 is 31.8 Å². The Morgan fingerprint density at radius 3 is 1.63 bits per heavy atom. The molecule has 0 amide bonds. The molecule has 2 atom stereocenters. The van der Waals surface area contributed by atoms with Gasteiger partial charge in [0.25, 0.3) is 0 Å². The molecule has 0 fully saturated rings. The van der Waals surface area contributed by atoms with Crippen molar-refractivity contribution >= 4 is 29.4 Å². The molecule has 0 spiro atoms. The Kier molecular flexibility index (Phi) is 4.33. The summed E-state index contributed by atoms with van der Waals surface area (Å²) in [5.74, 6) is 0. The van der Waals surface area contributed by atoms with E-state index in [9.17, 15) is 9.59 Å². The van der Waals surface area contributed by atoms with Crippen molar-refractivity contribution in [2.24, 2.45) is 0 Å². The van der Waals surface area contributed by atoms with E-state index < -0.39 is 15.6 Å². The number of hydrogen-bond acceptors (Lipinski definition) is 4. The second-order valence-electron chi connectivity index (χ2n) is 6.94. The summed E-state index contributed by atoms with van der Waals surface area (Å²) < 4.78 is 13.3. The molecule has 27 heavy (non-hydrogen) atoms. The van der Waals surface area contributed by atoms with Crippen LogP contribution in [0.5, 0.6) is 0 Å². The molecule has 4 nitrogen and oxygen atoms in total. The molecule has 0 saturated heterocycles. The van der Waals surface area contributed by atoms with Crippen LogP contribution in [0.2, 0.25) is 0 Å². The van der Waals surface area contributed by atoms with E-state index >= 15 is 0 Å². The van der Waals surface area contributed by atoms with E-state index in [0.29, 0.717) is 12.9 Å². The van der Waals surface area contributed by atoms with Gasteiger partial charge in [-0.15, -0.1) is 0 Å². The minimum absolute atomic E-state index is 0.292. The van der Waals surface area contributed by atoms with Crippen LogP contribution in [-0.2, 0) is 31.8 Å². The topological polar surface area (TPSA) is 52.6 Å². The van der Waals surface area contributed by atoms with Crippen molar-refractivity contribution in [3.63, 3.8) is 0 Å². The van der Waals surface area contributed by atoms with Crippen molar-refractivity contribution in [3.8, 4) is 0 Å². The van der Waals surface area contributed by atoms with E-state index in [1.54, 1.807) is 0 Å². The number of benzene rings is 2. The molecular weight excluding hydrogens is 376 g/mol. The van der Waals surface area contributed by atoms with Crippen LogP contribution in [0.3, 0.4) is 0 Å². The average Bonchev–Trinajstić information content (AvgIpc) is 3.33. The Morgan fingerprint density at radius 1 is 0.778 bits per heavy atom. The molecule has 0 heterocycles. The van der Waals surface area contributed by atoms with Crippen LogP contribution in [0.15, 0.2) is 60.7 Å². The van der Waals surface area contributed by atoms with Crippen LogP contribution in [0.1, 0.15) is 37.6 Å². The maximum absolute atomic E-state index is 11.8. The van der Waals surface area contributed by atoms with E-state index in [2.05, 4.69) is 0 Å². The molecule has 0 aliphatic heterocycles. The van der Waals surface area contributed by atoms with E-state index in [-0.39, 0.29) is 8.45 Å². The van der Waals surface area contributed by atoms with Gasteiger partial charge in [0.05, 0.1) is 0 Å². The molecule has 2 unspecified atom stereocenters. The predicted molar refractivity (Wildman–Crippen MR) is 102 cm³/mol. The van der Waals surface area contributed by atoms with Gasteiger partial charge >= 0.3 is 160 Å². The third-order valence-electron chi connectivity index (χ3n) is 5.99. The van der Waals surface area contributed by atoms with Crippen molar-refractivity contribution in [1.29, 1.82) is 0 Å². The number of carbonyl (C=O) groups is 2. The zero-order chi connectivity index (χ0) is 18.9. The fraction of sp³-hybridized carbons (Fsp3) is 0.136. The maximum atomic E-state index is 11.8. The van der Waals surface area contributed by atoms with Crippen LogP contribution >= 0.6 is 0 Å². The average molecular weight is 396 g/mol. The summed E-state index contributed by atoms with van der Waals surface area (Å²) in [6, 6.07) is 15.9.